The Labute approximate surface area is 93.4 Å². The zero-order valence-corrected chi connectivity index (χ0v) is 10.3. The highest BCUT2D eigenvalue weighted by Crippen LogP contribution is 2.34. The number of anilines is 1. The normalized spacial score (nSPS) is 12.3. The first-order chi connectivity index (χ1) is 6.88. The van der Waals surface area contributed by atoms with Crippen molar-refractivity contribution >= 4 is 27.5 Å². The summed E-state index contributed by atoms with van der Waals surface area (Å²) in [6.45, 7) is 8.57. The Morgan fingerprint density at radius 1 is 1.27 bits per heavy atom. The molecule has 0 atom stereocenters. The molecule has 2 rings (SSSR count). The molecule has 0 aromatic carbocycles. The number of hydrogen-bond donors (Lipinski definition) is 1. The second-order valence-corrected chi connectivity index (χ2v) is 5.79. The lowest BCUT2D eigenvalue weighted by Gasteiger charge is -2.14. The summed E-state index contributed by atoms with van der Waals surface area (Å²) >= 11 is 1.76. The molecule has 0 aliphatic heterocycles. The van der Waals surface area contributed by atoms with Gasteiger partial charge in [-0.1, -0.05) is 20.8 Å². The van der Waals surface area contributed by atoms with E-state index >= 15 is 0 Å². The van der Waals surface area contributed by atoms with Gasteiger partial charge in [-0.3, -0.25) is 0 Å². The third-order valence-corrected chi connectivity index (χ3v) is 3.96. The van der Waals surface area contributed by atoms with Gasteiger partial charge in [-0.2, -0.15) is 0 Å². The third kappa shape index (κ3) is 1.81. The lowest BCUT2D eigenvalue weighted by molar-refractivity contribution is 0.604. The minimum Gasteiger partial charge on any atom is -0.368 e. The highest BCUT2D eigenvalue weighted by atomic mass is 32.1. The summed E-state index contributed by atoms with van der Waals surface area (Å²) in [5, 5.41) is 0. The molecule has 0 amide bonds. The van der Waals surface area contributed by atoms with E-state index in [0.717, 1.165) is 15.9 Å². The molecule has 2 aromatic heterocycles. The van der Waals surface area contributed by atoms with Crippen molar-refractivity contribution in [3.63, 3.8) is 0 Å². The van der Waals surface area contributed by atoms with Crippen LogP contribution < -0.4 is 5.73 Å². The van der Waals surface area contributed by atoms with Crippen molar-refractivity contribution in [2.45, 2.75) is 33.1 Å². The van der Waals surface area contributed by atoms with Crippen LogP contribution in [0.5, 0.6) is 0 Å². The molecule has 0 saturated carbocycles. The van der Waals surface area contributed by atoms with Crippen LogP contribution in [0.25, 0.3) is 10.2 Å². The first-order valence-corrected chi connectivity index (χ1v) is 5.74. The SMILES string of the molecule is Cc1nc(N)nc2cc(C(C)(C)C)sc12. The summed E-state index contributed by atoms with van der Waals surface area (Å²) in [6, 6.07) is 2.12. The molecule has 0 unspecified atom stereocenters. The van der Waals surface area contributed by atoms with E-state index in [1.807, 2.05) is 6.92 Å². The summed E-state index contributed by atoms with van der Waals surface area (Å²) in [4.78, 5) is 9.74. The molecule has 0 radical (unpaired) electrons. The summed E-state index contributed by atoms with van der Waals surface area (Å²) in [7, 11) is 0. The van der Waals surface area contributed by atoms with Crippen molar-refractivity contribution in [3.05, 3.63) is 16.6 Å². The fourth-order valence-electron chi connectivity index (χ4n) is 1.46. The van der Waals surface area contributed by atoms with Gasteiger partial charge in [-0.15, -0.1) is 11.3 Å². The molecule has 80 valence electrons. The molecular formula is C11H15N3S. The number of thiophene rings is 1. The largest absolute Gasteiger partial charge is 0.368 e. The highest BCUT2D eigenvalue weighted by molar-refractivity contribution is 7.19. The van der Waals surface area contributed by atoms with E-state index in [9.17, 15) is 0 Å². The first-order valence-electron chi connectivity index (χ1n) is 4.92. The third-order valence-electron chi connectivity index (χ3n) is 2.30. The summed E-state index contributed by atoms with van der Waals surface area (Å²) in [5.74, 6) is 0.359. The highest BCUT2D eigenvalue weighted by Gasteiger charge is 2.18. The van der Waals surface area contributed by atoms with Crippen LogP contribution in [0, 0.1) is 6.92 Å². The molecule has 2 aromatic rings. The molecule has 15 heavy (non-hydrogen) atoms. The fourth-order valence-corrected chi connectivity index (χ4v) is 2.56. The van der Waals surface area contributed by atoms with Crippen LogP contribution in [0.3, 0.4) is 0 Å². The predicted molar refractivity (Wildman–Crippen MR) is 65.3 cm³/mol. The molecule has 2 N–H and O–H groups in total. The molecular weight excluding hydrogens is 206 g/mol. The average Bonchev–Trinajstić information content (AvgIpc) is 2.46. The van der Waals surface area contributed by atoms with Crippen molar-refractivity contribution in [2.24, 2.45) is 0 Å². The van der Waals surface area contributed by atoms with Crippen LogP contribution in [-0.2, 0) is 5.41 Å². The van der Waals surface area contributed by atoms with Crippen LogP contribution in [0.2, 0.25) is 0 Å². The zero-order chi connectivity index (χ0) is 11.2. The standard InChI is InChI=1S/C11H15N3S/c1-6-9-7(14-10(12)13-6)5-8(15-9)11(2,3)4/h5H,1-4H3,(H2,12,13,14). The van der Waals surface area contributed by atoms with E-state index in [-0.39, 0.29) is 5.41 Å². The van der Waals surface area contributed by atoms with Crippen molar-refractivity contribution < 1.29 is 0 Å². The molecule has 0 bridgehead atoms. The Kier molecular flexibility index (Phi) is 2.19. The van der Waals surface area contributed by atoms with E-state index in [1.165, 1.54) is 4.88 Å². The molecule has 2 heterocycles. The lowest BCUT2D eigenvalue weighted by atomic mass is 9.95. The van der Waals surface area contributed by atoms with Gasteiger partial charge in [0.05, 0.1) is 15.9 Å². The maximum atomic E-state index is 5.63. The average molecular weight is 221 g/mol. The van der Waals surface area contributed by atoms with Crippen LogP contribution in [0.15, 0.2) is 6.07 Å². The second-order valence-electron chi connectivity index (χ2n) is 4.74. The Balaban J connectivity index is 2.71. The van der Waals surface area contributed by atoms with Crippen LogP contribution in [0.4, 0.5) is 5.95 Å². The first kappa shape index (κ1) is 10.4. The Hall–Kier alpha value is -1.16. The summed E-state index contributed by atoms with van der Waals surface area (Å²) in [5.41, 5.74) is 7.72. The molecule has 0 fully saturated rings. The maximum Gasteiger partial charge on any atom is 0.220 e. The number of aromatic nitrogens is 2. The quantitative estimate of drug-likeness (QED) is 0.744. The number of hydrogen-bond acceptors (Lipinski definition) is 4. The number of aryl methyl sites for hydroxylation is 1. The molecule has 0 aliphatic carbocycles. The topological polar surface area (TPSA) is 51.8 Å². The summed E-state index contributed by atoms with van der Waals surface area (Å²) < 4.78 is 1.15. The van der Waals surface area contributed by atoms with E-state index in [0.29, 0.717) is 5.95 Å². The maximum absolute atomic E-state index is 5.63. The van der Waals surface area contributed by atoms with E-state index in [1.54, 1.807) is 11.3 Å². The Morgan fingerprint density at radius 2 is 1.93 bits per heavy atom. The van der Waals surface area contributed by atoms with Crippen LogP contribution in [-0.4, -0.2) is 9.97 Å². The second kappa shape index (κ2) is 3.17. The van der Waals surface area contributed by atoms with Crippen molar-refractivity contribution in [3.8, 4) is 0 Å². The number of fused-ring (bicyclic) bond motifs is 1. The van der Waals surface area contributed by atoms with Gasteiger partial charge in [0.2, 0.25) is 5.95 Å². The smallest absolute Gasteiger partial charge is 0.220 e. The van der Waals surface area contributed by atoms with Gasteiger partial charge in [-0.25, -0.2) is 9.97 Å². The number of nitrogen functional groups attached to an aromatic ring is 1. The van der Waals surface area contributed by atoms with E-state index in [2.05, 4.69) is 36.8 Å². The van der Waals surface area contributed by atoms with Crippen molar-refractivity contribution in [1.82, 2.24) is 9.97 Å². The van der Waals surface area contributed by atoms with Gasteiger partial charge in [0.25, 0.3) is 0 Å². The van der Waals surface area contributed by atoms with E-state index < -0.39 is 0 Å². The Bertz CT molecular complexity index is 508. The number of nitrogens with zero attached hydrogens (tertiary/aromatic N) is 2. The zero-order valence-electron chi connectivity index (χ0n) is 9.46. The van der Waals surface area contributed by atoms with Crippen molar-refractivity contribution in [2.75, 3.05) is 5.73 Å². The molecule has 4 heteroatoms. The van der Waals surface area contributed by atoms with Gasteiger partial charge < -0.3 is 5.73 Å². The fraction of sp³-hybridized carbons (Fsp3) is 0.455. The number of rotatable bonds is 0. The van der Waals surface area contributed by atoms with E-state index in [4.69, 9.17) is 5.73 Å². The van der Waals surface area contributed by atoms with Crippen molar-refractivity contribution in [1.29, 1.82) is 0 Å². The minimum atomic E-state index is 0.159. The van der Waals surface area contributed by atoms with Crippen LogP contribution >= 0.6 is 11.3 Å². The lowest BCUT2D eigenvalue weighted by Crippen LogP contribution is -2.07. The molecule has 0 aliphatic rings. The van der Waals surface area contributed by atoms with Gasteiger partial charge >= 0.3 is 0 Å². The van der Waals surface area contributed by atoms with Gasteiger partial charge in [-0.05, 0) is 18.4 Å². The van der Waals surface area contributed by atoms with Crippen LogP contribution in [0.1, 0.15) is 31.3 Å². The molecule has 0 spiro atoms. The monoisotopic (exact) mass is 221 g/mol. The minimum absolute atomic E-state index is 0.159. The predicted octanol–water partition coefficient (Wildman–Crippen LogP) is 2.88. The Morgan fingerprint density at radius 3 is 2.53 bits per heavy atom. The number of nitrogens with two attached hydrogens (primary N) is 1. The van der Waals surface area contributed by atoms with Gasteiger partial charge in [0.15, 0.2) is 0 Å². The molecule has 3 nitrogen and oxygen atoms in total. The van der Waals surface area contributed by atoms with Gasteiger partial charge in [0, 0.05) is 4.88 Å². The molecule has 0 saturated heterocycles. The summed E-state index contributed by atoms with van der Waals surface area (Å²) in [6.07, 6.45) is 0. The van der Waals surface area contributed by atoms with Gasteiger partial charge in [0.1, 0.15) is 0 Å².